The van der Waals surface area contributed by atoms with Gasteiger partial charge >= 0.3 is 11.8 Å². The van der Waals surface area contributed by atoms with Crippen LogP contribution < -0.4 is 0 Å². The summed E-state index contributed by atoms with van der Waals surface area (Å²) in [5.74, 6) is -9.60. The van der Waals surface area contributed by atoms with E-state index in [2.05, 4.69) is 4.74 Å². The summed E-state index contributed by atoms with van der Waals surface area (Å²) >= 11 is 0. The van der Waals surface area contributed by atoms with Crippen LogP contribution in [0.2, 0.25) is 0 Å². The van der Waals surface area contributed by atoms with Crippen LogP contribution in [0.1, 0.15) is 13.8 Å². The lowest BCUT2D eigenvalue weighted by Gasteiger charge is -2.22. The molecule has 0 atom stereocenters. The topological polar surface area (TPSA) is 43.4 Å². The molecule has 0 aliphatic heterocycles. The zero-order valence-corrected chi connectivity index (χ0v) is 10.5. The monoisotopic (exact) mass is 286 g/mol. The van der Waals surface area contributed by atoms with Gasteiger partial charge in [0, 0.05) is 13.2 Å². The molecule has 9 heteroatoms. The molecule has 0 heterocycles. The maximum Gasteiger partial charge on any atom is 0.332 e. The van der Waals surface area contributed by atoms with Gasteiger partial charge < -0.3 is 4.74 Å². The molecule has 0 aliphatic rings. The van der Waals surface area contributed by atoms with E-state index in [4.69, 9.17) is 0 Å². The largest absolute Gasteiger partial charge is 0.359 e. The van der Waals surface area contributed by atoms with E-state index in [9.17, 15) is 30.4 Å². The molecule has 0 saturated heterocycles. The summed E-state index contributed by atoms with van der Waals surface area (Å²) in [5, 5.41) is 0. The Bertz CT molecular complexity index is 297. The lowest BCUT2D eigenvalue weighted by Crippen LogP contribution is -2.42. The van der Waals surface area contributed by atoms with Crippen molar-refractivity contribution < 1.29 is 35.1 Å². The van der Waals surface area contributed by atoms with Crippen molar-refractivity contribution in [1.29, 1.82) is 0 Å². The van der Waals surface area contributed by atoms with Gasteiger partial charge in [0.2, 0.25) is 0 Å². The zero-order valence-electron chi connectivity index (χ0n) is 9.64. The molecule has 3 nitrogen and oxygen atoms in total. The SMILES string of the molecule is CC(F)(F)C(F)(F)COCS(C)(=O)=O.CCF. The average molecular weight is 286 g/mol. The highest BCUT2D eigenvalue weighted by Crippen LogP contribution is 2.33. The van der Waals surface area contributed by atoms with Gasteiger partial charge in [0.15, 0.2) is 9.84 Å². The van der Waals surface area contributed by atoms with Crippen molar-refractivity contribution in [2.45, 2.75) is 25.7 Å². The van der Waals surface area contributed by atoms with E-state index in [0.29, 0.717) is 0 Å². The first-order chi connectivity index (χ1) is 7.37. The number of hydrogen-bond acceptors (Lipinski definition) is 3. The van der Waals surface area contributed by atoms with Crippen LogP contribution in [0.15, 0.2) is 0 Å². The normalized spacial score (nSPS) is 12.9. The first kappa shape index (κ1) is 18.9. The fourth-order valence-corrected chi connectivity index (χ4v) is 0.834. The van der Waals surface area contributed by atoms with E-state index in [1.165, 1.54) is 6.92 Å². The minimum absolute atomic E-state index is 0.0385. The third-order valence-electron chi connectivity index (χ3n) is 1.22. The molecular weight excluding hydrogens is 271 g/mol. The van der Waals surface area contributed by atoms with E-state index in [-0.39, 0.29) is 13.6 Å². The molecule has 0 amide bonds. The number of alkyl halides is 5. The van der Waals surface area contributed by atoms with Crippen LogP contribution in [0.4, 0.5) is 22.0 Å². The van der Waals surface area contributed by atoms with Crippen LogP contribution in [-0.4, -0.2) is 45.7 Å². The predicted octanol–water partition coefficient (Wildman–Crippen LogP) is 2.27. The second-order valence-corrected chi connectivity index (χ2v) is 5.34. The van der Waals surface area contributed by atoms with Crippen molar-refractivity contribution in [3.8, 4) is 0 Å². The van der Waals surface area contributed by atoms with Gasteiger partial charge in [0.25, 0.3) is 0 Å². The van der Waals surface area contributed by atoms with Crippen LogP contribution in [0.3, 0.4) is 0 Å². The Kier molecular flexibility index (Phi) is 7.89. The fourth-order valence-electron chi connectivity index (χ4n) is 0.448. The van der Waals surface area contributed by atoms with Gasteiger partial charge in [-0.25, -0.2) is 17.2 Å². The Morgan fingerprint density at radius 1 is 1.18 bits per heavy atom. The van der Waals surface area contributed by atoms with Gasteiger partial charge in [-0.15, -0.1) is 0 Å². The Balaban J connectivity index is 0. The van der Waals surface area contributed by atoms with Gasteiger partial charge in [0.05, 0.1) is 6.67 Å². The Morgan fingerprint density at radius 3 is 1.76 bits per heavy atom. The van der Waals surface area contributed by atoms with Gasteiger partial charge in [-0.3, -0.25) is 4.39 Å². The Morgan fingerprint density at radius 2 is 1.53 bits per heavy atom. The molecule has 0 aromatic heterocycles. The van der Waals surface area contributed by atoms with Crippen molar-refractivity contribution in [3.63, 3.8) is 0 Å². The number of ether oxygens (including phenoxy) is 1. The highest BCUT2D eigenvalue weighted by Gasteiger charge is 2.52. The van der Waals surface area contributed by atoms with E-state index < -0.39 is 34.2 Å². The molecule has 0 aromatic rings. The highest BCUT2D eigenvalue weighted by atomic mass is 32.2. The summed E-state index contributed by atoms with van der Waals surface area (Å²) in [6.07, 6.45) is 0.745. The minimum atomic E-state index is -4.36. The molecule has 0 unspecified atom stereocenters. The molecule has 0 spiro atoms. The van der Waals surface area contributed by atoms with Crippen molar-refractivity contribution in [1.82, 2.24) is 0 Å². The summed E-state index contributed by atoms with van der Waals surface area (Å²) < 4.78 is 84.2. The lowest BCUT2D eigenvalue weighted by molar-refractivity contribution is -0.220. The maximum atomic E-state index is 12.4. The van der Waals surface area contributed by atoms with Crippen LogP contribution in [0, 0.1) is 0 Å². The van der Waals surface area contributed by atoms with Gasteiger partial charge in [0.1, 0.15) is 12.5 Å². The molecule has 0 N–H and O–H groups in total. The van der Waals surface area contributed by atoms with Crippen molar-refractivity contribution in [2.24, 2.45) is 0 Å². The third kappa shape index (κ3) is 10.4. The number of halogens is 5. The first-order valence-corrected chi connectivity index (χ1v) is 6.50. The van der Waals surface area contributed by atoms with Gasteiger partial charge in [-0.1, -0.05) is 0 Å². The lowest BCUT2D eigenvalue weighted by atomic mass is 10.2. The number of sulfone groups is 1. The molecule has 0 rings (SSSR count). The molecule has 0 radical (unpaired) electrons. The minimum Gasteiger partial charge on any atom is -0.359 e. The van der Waals surface area contributed by atoms with Gasteiger partial charge in [-0.2, -0.15) is 8.78 Å². The molecule has 106 valence electrons. The maximum absolute atomic E-state index is 12.4. The van der Waals surface area contributed by atoms with Crippen molar-refractivity contribution in [2.75, 3.05) is 25.5 Å². The molecule has 0 fully saturated rings. The molecule has 0 bridgehead atoms. The zero-order chi connectivity index (χ0) is 14.3. The third-order valence-corrected chi connectivity index (χ3v) is 1.82. The number of rotatable bonds is 5. The summed E-state index contributed by atoms with van der Waals surface area (Å²) in [7, 11) is -3.59. The molecular formula is C8H15F5O3S. The molecule has 0 saturated carbocycles. The van der Waals surface area contributed by atoms with Crippen molar-refractivity contribution >= 4 is 9.84 Å². The van der Waals surface area contributed by atoms with Crippen LogP contribution in [-0.2, 0) is 14.6 Å². The van der Waals surface area contributed by atoms with E-state index in [1.54, 1.807) is 0 Å². The quantitative estimate of drug-likeness (QED) is 0.728. The second-order valence-electron chi connectivity index (χ2n) is 3.25. The van der Waals surface area contributed by atoms with Crippen LogP contribution in [0.5, 0.6) is 0 Å². The van der Waals surface area contributed by atoms with E-state index in [1.807, 2.05) is 0 Å². The standard InChI is InChI=1S/C6H10F4O3S.C2H5F/c1-5(7,8)6(9,10)3-13-4-14(2,11)12;1-2-3/h3-4H2,1-2H3;2H2,1H3. The highest BCUT2D eigenvalue weighted by molar-refractivity contribution is 7.90. The van der Waals surface area contributed by atoms with E-state index >= 15 is 0 Å². The summed E-state index contributed by atoms with van der Waals surface area (Å²) in [6, 6.07) is 0. The fraction of sp³-hybridized carbons (Fsp3) is 1.00. The summed E-state index contributed by atoms with van der Waals surface area (Å²) in [5.41, 5.74) is 0. The summed E-state index contributed by atoms with van der Waals surface area (Å²) in [6.45, 7) is -0.375. The molecule has 17 heavy (non-hydrogen) atoms. The first-order valence-electron chi connectivity index (χ1n) is 4.44. The predicted molar refractivity (Wildman–Crippen MR) is 52.9 cm³/mol. The summed E-state index contributed by atoms with van der Waals surface area (Å²) in [4.78, 5) is 0. The smallest absolute Gasteiger partial charge is 0.332 e. The second kappa shape index (κ2) is 7.10. The van der Waals surface area contributed by atoms with Crippen molar-refractivity contribution in [3.05, 3.63) is 0 Å². The molecule has 0 aliphatic carbocycles. The van der Waals surface area contributed by atoms with Crippen LogP contribution >= 0.6 is 0 Å². The Labute approximate surface area is 96.9 Å². The number of hydrogen-bond donors (Lipinski definition) is 0. The Hall–Kier alpha value is -0.440. The van der Waals surface area contributed by atoms with Gasteiger partial charge in [-0.05, 0) is 6.92 Å². The molecule has 0 aromatic carbocycles. The average Bonchev–Trinajstić information content (AvgIpc) is 1.99. The van der Waals surface area contributed by atoms with Crippen LogP contribution in [0.25, 0.3) is 0 Å². The van der Waals surface area contributed by atoms with E-state index in [0.717, 1.165) is 6.26 Å².